The van der Waals surface area contributed by atoms with Gasteiger partial charge in [-0.3, -0.25) is 9.89 Å². The Kier molecular flexibility index (Phi) is 3.87. The Hall–Kier alpha value is -2.31. The van der Waals surface area contributed by atoms with Crippen molar-refractivity contribution in [1.82, 2.24) is 15.2 Å². The highest BCUT2D eigenvalue weighted by atomic mass is 35.5. The second-order valence-corrected chi connectivity index (χ2v) is 5.37. The van der Waals surface area contributed by atoms with Gasteiger partial charge in [0.2, 0.25) is 5.89 Å². The summed E-state index contributed by atoms with van der Waals surface area (Å²) >= 11 is 11.8. The summed E-state index contributed by atoms with van der Waals surface area (Å²) in [5, 5.41) is 10.1. The second-order valence-electron chi connectivity index (χ2n) is 4.56. The third kappa shape index (κ3) is 2.98. The van der Waals surface area contributed by atoms with Gasteiger partial charge in [-0.2, -0.15) is 5.10 Å². The van der Waals surface area contributed by atoms with Crippen LogP contribution in [0.5, 0.6) is 0 Å². The number of aromatic amines is 1. The Morgan fingerprint density at radius 1 is 1.27 bits per heavy atom. The van der Waals surface area contributed by atoms with Crippen molar-refractivity contribution >= 4 is 34.9 Å². The average molecular weight is 337 g/mol. The number of nitrogens with zero attached hydrogens (tertiary/aromatic N) is 2. The maximum absolute atomic E-state index is 12.1. The molecule has 22 heavy (non-hydrogen) atoms. The zero-order valence-electron chi connectivity index (χ0n) is 11.4. The van der Waals surface area contributed by atoms with Crippen LogP contribution in [0.2, 0.25) is 10.0 Å². The topological polar surface area (TPSA) is 83.8 Å². The zero-order valence-corrected chi connectivity index (χ0v) is 12.9. The predicted octanol–water partition coefficient (Wildman–Crippen LogP) is 3.93. The molecule has 0 spiro atoms. The van der Waals surface area contributed by atoms with E-state index in [4.69, 9.17) is 27.6 Å². The number of hydrogen-bond donors (Lipinski definition) is 2. The molecule has 8 heteroatoms. The van der Waals surface area contributed by atoms with Gasteiger partial charge in [0.1, 0.15) is 6.26 Å². The summed E-state index contributed by atoms with van der Waals surface area (Å²) in [7, 11) is 0. The summed E-state index contributed by atoms with van der Waals surface area (Å²) in [6.07, 6.45) is 1.27. The molecule has 2 heterocycles. The fraction of sp³-hybridized carbons (Fsp3) is 0.0714. The highest BCUT2D eigenvalue weighted by molar-refractivity contribution is 6.42. The summed E-state index contributed by atoms with van der Waals surface area (Å²) in [6.45, 7) is 1.83. The third-order valence-electron chi connectivity index (χ3n) is 2.85. The van der Waals surface area contributed by atoms with E-state index in [0.717, 1.165) is 5.69 Å². The number of halogens is 2. The fourth-order valence-electron chi connectivity index (χ4n) is 1.80. The minimum Gasteiger partial charge on any atom is -0.444 e. The van der Waals surface area contributed by atoms with Gasteiger partial charge in [0.25, 0.3) is 5.91 Å². The fourth-order valence-corrected chi connectivity index (χ4v) is 2.10. The molecule has 0 aliphatic carbocycles. The molecule has 2 N–H and O–H groups in total. The monoisotopic (exact) mass is 336 g/mol. The van der Waals surface area contributed by atoms with E-state index in [2.05, 4.69) is 20.5 Å². The molecule has 112 valence electrons. The minimum absolute atomic E-state index is 0.140. The number of rotatable bonds is 3. The Morgan fingerprint density at radius 3 is 2.77 bits per heavy atom. The van der Waals surface area contributed by atoms with Crippen LogP contribution < -0.4 is 5.32 Å². The first-order chi connectivity index (χ1) is 10.5. The quantitative estimate of drug-likeness (QED) is 0.758. The van der Waals surface area contributed by atoms with Crippen LogP contribution in [0.4, 0.5) is 5.82 Å². The maximum atomic E-state index is 12.1. The van der Waals surface area contributed by atoms with E-state index in [1.54, 1.807) is 24.3 Å². The van der Waals surface area contributed by atoms with Crippen molar-refractivity contribution in [3.05, 3.63) is 52.0 Å². The summed E-state index contributed by atoms with van der Waals surface area (Å²) in [5.74, 6) is 0.282. The Bertz CT molecular complexity index is 841. The lowest BCUT2D eigenvalue weighted by Gasteiger charge is -1.98. The SMILES string of the molecule is Cc1cc(NC(=O)c2coc(-c3ccc(Cl)c(Cl)c3)n2)n[nH]1. The summed E-state index contributed by atoms with van der Waals surface area (Å²) in [5.41, 5.74) is 1.61. The molecular weight excluding hydrogens is 327 g/mol. The van der Waals surface area contributed by atoms with Crippen molar-refractivity contribution in [3.8, 4) is 11.5 Å². The van der Waals surface area contributed by atoms with E-state index in [1.807, 2.05) is 6.92 Å². The molecule has 3 aromatic rings. The predicted molar refractivity (Wildman–Crippen MR) is 83.2 cm³/mol. The number of oxazole rings is 1. The molecule has 0 radical (unpaired) electrons. The Labute approximate surface area is 135 Å². The number of anilines is 1. The molecule has 0 saturated carbocycles. The molecule has 2 aromatic heterocycles. The van der Waals surface area contributed by atoms with E-state index < -0.39 is 5.91 Å². The molecule has 3 rings (SSSR count). The molecule has 0 aliphatic heterocycles. The van der Waals surface area contributed by atoms with Crippen LogP contribution in [0.1, 0.15) is 16.2 Å². The van der Waals surface area contributed by atoms with Crippen LogP contribution in [0, 0.1) is 6.92 Å². The summed E-state index contributed by atoms with van der Waals surface area (Å²) in [6, 6.07) is 6.67. The van der Waals surface area contributed by atoms with Gasteiger partial charge in [-0.25, -0.2) is 4.98 Å². The van der Waals surface area contributed by atoms with Crippen LogP contribution in [-0.2, 0) is 0 Å². The van der Waals surface area contributed by atoms with Gasteiger partial charge >= 0.3 is 0 Å². The van der Waals surface area contributed by atoms with Gasteiger partial charge in [-0.15, -0.1) is 0 Å². The molecule has 0 bridgehead atoms. The minimum atomic E-state index is -0.415. The summed E-state index contributed by atoms with van der Waals surface area (Å²) < 4.78 is 5.31. The lowest BCUT2D eigenvalue weighted by molar-refractivity contribution is 0.102. The highest BCUT2D eigenvalue weighted by Gasteiger charge is 2.15. The molecular formula is C14H10Cl2N4O2. The number of aryl methyl sites for hydroxylation is 1. The molecule has 0 aliphatic rings. The van der Waals surface area contributed by atoms with Gasteiger partial charge < -0.3 is 9.73 Å². The summed E-state index contributed by atoms with van der Waals surface area (Å²) in [4.78, 5) is 16.2. The highest BCUT2D eigenvalue weighted by Crippen LogP contribution is 2.28. The smallest absolute Gasteiger partial charge is 0.278 e. The number of carbonyl (C=O) groups is 1. The first kappa shape index (κ1) is 14.6. The molecule has 0 atom stereocenters. The van der Waals surface area contributed by atoms with Gasteiger partial charge in [-0.05, 0) is 25.1 Å². The number of aromatic nitrogens is 3. The van der Waals surface area contributed by atoms with E-state index in [1.165, 1.54) is 6.26 Å². The van der Waals surface area contributed by atoms with Gasteiger partial charge in [0.15, 0.2) is 11.5 Å². The zero-order chi connectivity index (χ0) is 15.7. The van der Waals surface area contributed by atoms with Crippen LogP contribution in [0.15, 0.2) is 34.9 Å². The first-order valence-corrected chi connectivity index (χ1v) is 7.03. The van der Waals surface area contributed by atoms with E-state index in [0.29, 0.717) is 21.4 Å². The second kappa shape index (κ2) is 5.82. The normalized spacial score (nSPS) is 10.7. The van der Waals surface area contributed by atoms with Gasteiger partial charge in [-0.1, -0.05) is 23.2 Å². The first-order valence-electron chi connectivity index (χ1n) is 6.27. The van der Waals surface area contributed by atoms with Gasteiger partial charge in [0.05, 0.1) is 10.0 Å². The van der Waals surface area contributed by atoms with E-state index in [9.17, 15) is 4.79 Å². The lowest BCUT2D eigenvalue weighted by Crippen LogP contribution is -2.12. The van der Waals surface area contributed by atoms with Crippen LogP contribution in [-0.4, -0.2) is 21.1 Å². The van der Waals surface area contributed by atoms with Crippen molar-refractivity contribution in [3.63, 3.8) is 0 Å². The number of amides is 1. The Balaban J connectivity index is 1.80. The molecule has 6 nitrogen and oxygen atoms in total. The van der Waals surface area contributed by atoms with E-state index >= 15 is 0 Å². The third-order valence-corrected chi connectivity index (χ3v) is 3.59. The average Bonchev–Trinajstić information content (AvgIpc) is 3.11. The molecule has 0 fully saturated rings. The molecule has 1 aromatic carbocycles. The molecule has 1 amide bonds. The van der Waals surface area contributed by atoms with Crippen molar-refractivity contribution in [2.45, 2.75) is 6.92 Å². The van der Waals surface area contributed by atoms with Crippen LogP contribution in [0.3, 0.4) is 0 Å². The number of benzene rings is 1. The van der Waals surface area contributed by atoms with E-state index in [-0.39, 0.29) is 11.6 Å². The molecule has 0 unspecified atom stereocenters. The van der Waals surface area contributed by atoms with Crippen LogP contribution in [0.25, 0.3) is 11.5 Å². The largest absolute Gasteiger partial charge is 0.444 e. The van der Waals surface area contributed by atoms with Crippen molar-refractivity contribution < 1.29 is 9.21 Å². The number of hydrogen-bond acceptors (Lipinski definition) is 4. The number of nitrogens with one attached hydrogen (secondary N) is 2. The maximum Gasteiger partial charge on any atom is 0.278 e. The number of carbonyl (C=O) groups excluding carboxylic acids is 1. The number of H-pyrrole nitrogens is 1. The molecule has 0 saturated heterocycles. The van der Waals surface area contributed by atoms with Crippen molar-refractivity contribution in [1.29, 1.82) is 0 Å². The van der Waals surface area contributed by atoms with Crippen molar-refractivity contribution in [2.75, 3.05) is 5.32 Å². The van der Waals surface area contributed by atoms with Crippen molar-refractivity contribution in [2.24, 2.45) is 0 Å². The Morgan fingerprint density at radius 2 is 2.09 bits per heavy atom. The van der Waals surface area contributed by atoms with Gasteiger partial charge in [0, 0.05) is 17.3 Å². The lowest BCUT2D eigenvalue weighted by atomic mass is 10.2. The van der Waals surface area contributed by atoms with Crippen LogP contribution >= 0.6 is 23.2 Å². The standard InChI is InChI=1S/C14H10Cl2N4O2/c1-7-4-12(20-19-7)18-13(21)11-6-22-14(17-11)8-2-3-9(15)10(16)5-8/h2-6H,1H3,(H2,18,19,20,21).